The van der Waals surface area contributed by atoms with Crippen LogP contribution in [0.1, 0.15) is 18.4 Å². The van der Waals surface area contributed by atoms with Crippen LogP contribution >= 0.6 is 7.94 Å². The van der Waals surface area contributed by atoms with Gasteiger partial charge in [-0.05, 0) is 18.4 Å². The van der Waals surface area contributed by atoms with E-state index in [1.165, 1.54) is 0 Å². The Morgan fingerprint density at radius 2 is 1.95 bits per heavy atom. The minimum atomic E-state index is -5.10. The third-order valence-electron chi connectivity index (χ3n) is 3.26. The number of amides is 1. The zero-order valence-electron chi connectivity index (χ0n) is 12.2. The van der Waals surface area contributed by atoms with E-state index in [0.717, 1.165) is 10.5 Å². The Morgan fingerprint density at radius 1 is 1.32 bits per heavy atom. The van der Waals surface area contributed by atoms with Crippen LogP contribution in [0, 0.1) is 0 Å². The third-order valence-corrected chi connectivity index (χ3v) is 4.11. The molecule has 1 atom stereocenters. The molecule has 1 saturated heterocycles. The van der Waals surface area contributed by atoms with Crippen LogP contribution in [0.25, 0.3) is 0 Å². The van der Waals surface area contributed by atoms with Gasteiger partial charge in [-0.3, -0.25) is 9.79 Å². The maximum Gasteiger partial charge on any atom is 1.00 e. The summed E-state index contributed by atoms with van der Waals surface area (Å²) in [7, 11) is -5.10. The van der Waals surface area contributed by atoms with Crippen molar-refractivity contribution >= 4 is 19.6 Å². The van der Waals surface area contributed by atoms with Crippen molar-refractivity contribution < 1.29 is 58.6 Å². The van der Waals surface area contributed by atoms with Gasteiger partial charge in [-0.1, -0.05) is 30.3 Å². The van der Waals surface area contributed by atoms with Gasteiger partial charge in [0.05, 0.1) is 0 Å². The van der Waals surface area contributed by atoms with Crippen LogP contribution in [0.2, 0.25) is 0 Å². The minimum absolute atomic E-state index is 0. The van der Waals surface area contributed by atoms with Crippen molar-refractivity contribution in [3.63, 3.8) is 0 Å². The fourth-order valence-electron chi connectivity index (χ4n) is 2.23. The molecule has 2 rings (SSSR count). The van der Waals surface area contributed by atoms with Gasteiger partial charge in [0.1, 0.15) is 20.6 Å². The van der Waals surface area contributed by atoms with Crippen LogP contribution in [-0.4, -0.2) is 34.0 Å². The average molecular weight is 335 g/mol. The van der Waals surface area contributed by atoms with Gasteiger partial charge in [0.25, 0.3) is 0 Å². The van der Waals surface area contributed by atoms with E-state index in [2.05, 4.69) is 0 Å². The largest absolute Gasteiger partial charge is 1.00 e. The standard InChI is InChI=1S/C13H16NO6P.Na/c15-12(21(17,18)19)11-7-4-8-14(11)13(16)20-9-10-5-2-1-3-6-10;/h1-3,5-6,11H,4,7-9H2,(H2,17,18,19);/q;+1/p-1/t11-;/m0./s1. The van der Waals surface area contributed by atoms with Crippen molar-refractivity contribution in [3.05, 3.63) is 35.9 Å². The molecule has 9 heteroatoms. The van der Waals surface area contributed by atoms with E-state index in [4.69, 9.17) is 9.63 Å². The summed E-state index contributed by atoms with van der Waals surface area (Å²) in [5, 5.41) is 0. The van der Waals surface area contributed by atoms with Gasteiger partial charge in [0, 0.05) is 6.54 Å². The second-order valence-corrected chi connectivity index (χ2v) is 6.23. The first-order chi connectivity index (χ1) is 9.89. The van der Waals surface area contributed by atoms with E-state index < -0.39 is 25.6 Å². The van der Waals surface area contributed by atoms with Crippen molar-refractivity contribution in [2.45, 2.75) is 25.5 Å². The molecule has 7 nitrogen and oxygen atoms in total. The van der Waals surface area contributed by atoms with Gasteiger partial charge in [-0.15, -0.1) is 0 Å². The first-order valence-corrected chi connectivity index (χ1v) is 8.03. The van der Waals surface area contributed by atoms with E-state index in [9.17, 15) is 19.4 Å². The Labute approximate surface area is 150 Å². The number of hydrogen-bond donors (Lipinski definition) is 1. The van der Waals surface area contributed by atoms with Crippen molar-refractivity contribution in [3.8, 4) is 0 Å². The molecule has 0 unspecified atom stereocenters. The summed E-state index contributed by atoms with van der Waals surface area (Å²) >= 11 is 0. The van der Waals surface area contributed by atoms with Crippen LogP contribution in [0.15, 0.2) is 30.3 Å². The maximum absolute atomic E-state index is 11.9. The Kier molecular flexibility index (Phi) is 7.41. The monoisotopic (exact) mass is 335 g/mol. The molecule has 1 N–H and O–H groups in total. The average Bonchev–Trinajstić information content (AvgIpc) is 2.93. The van der Waals surface area contributed by atoms with Gasteiger partial charge in [0.15, 0.2) is 0 Å². The van der Waals surface area contributed by atoms with Gasteiger partial charge < -0.3 is 14.5 Å². The van der Waals surface area contributed by atoms with Gasteiger partial charge in [-0.2, -0.15) is 0 Å². The molecule has 0 aliphatic carbocycles. The molecule has 1 aromatic rings. The minimum Gasteiger partial charge on any atom is -0.653 e. The number of benzene rings is 1. The molecule has 114 valence electrons. The van der Waals surface area contributed by atoms with Gasteiger partial charge in [0.2, 0.25) is 0 Å². The van der Waals surface area contributed by atoms with Crippen molar-refractivity contribution in [1.29, 1.82) is 0 Å². The number of likely N-dealkylation sites (tertiary alicyclic amines) is 1. The molecule has 1 heterocycles. The second-order valence-electron chi connectivity index (χ2n) is 4.75. The fourth-order valence-corrected chi connectivity index (χ4v) is 2.88. The van der Waals surface area contributed by atoms with Crippen LogP contribution in [0.4, 0.5) is 4.79 Å². The molecule has 1 aliphatic heterocycles. The van der Waals surface area contributed by atoms with Crippen molar-refractivity contribution in [1.82, 2.24) is 4.90 Å². The predicted molar refractivity (Wildman–Crippen MR) is 70.5 cm³/mol. The third kappa shape index (κ3) is 4.99. The molecule has 1 aromatic carbocycles. The number of carbonyl (C=O) groups is 2. The van der Waals surface area contributed by atoms with E-state index in [1.807, 2.05) is 6.07 Å². The molecule has 0 radical (unpaired) electrons. The van der Waals surface area contributed by atoms with E-state index in [1.54, 1.807) is 24.3 Å². The Morgan fingerprint density at radius 3 is 2.55 bits per heavy atom. The molecule has 1 fully saturated rings. The number of rotatable bonds is 4. The Bertz CT molecular complexity index is 521. The number of carbonyl (C=O) groups excluding carboxylic acids is 2. The van der Waals surface area contributed by atoms with Crippen molar-refractivity contribution in [2.75, 3.05) is 6.54 Å². The summed E-state index contributed by atoms with van der Waals surface area (Å²) in [6.45, 7) is 0.259. The predicted octanol–water partition coefficient (Wildman–Crippen LogP) is -3.21. The molecule has 0 bridgehead atoms. The maximum atomic E-state index is 11.9. The molecule has 1 amide bonds. The van der Waals surface area contributed by atoms with Crippen LogP contribution in [0.3, 0.4) is 0 Å². The summed E-state index contributed by atoms with van der Waals surface area (Å²) in [5.74, 6) is 0. The van der Waals surface area contributed by atoms with E-state index in [0.29, 0.717) is 6.42 Å². The molecule has 0 aromatic heterocycles. The van der Waals surface area contributed by atoms with E-state index >= 15 is 0 Å². The first kappa shape index (κ1) is 19.5. The quantitative estimate of drug-likeness (QED) is 0.458. The van der Waals surface area contributed by atoms with Crippen molar-refractivity contribution in [2.24, 2.45) is 0 Å². The van der Waals surface area contributed by atoms with Gasteiger partial charge >= 0.3 is 41.2 Å². The summed E-state index contributed by atoms with van der Waals surface area (Å²) in [6.07, 6.45) is -0.0775. The summed E-state index contributed by atoms with van der Waals surface area (Å²) in [4.78, 5) is 55.2. The summed E-state index contributed by atoms with van der Waals surface area (Å²) < 4.78 is 5.07. The first-order valence-electron chi connectivity index (χ1n) is 6.45. The zero-order valence-corrected chi connectivity index (χ0v) is 15.1. The topological polar surface area (TPSA) is 113 Å². The van der Waals surface area contributed by atoms with Gasteiger partial charge in [-0.25, -0.2) is 9.59 Å². The number of nitrogens with zero attached hydrogens (tertiary/aromatic N) is 1. The van der Waals surface area contributed by atoms with Crippen LogP contribution in [-0.2, 0) is 16.1 Å². The number of hydrogen-bond acceptors (Lipinski definition) is 6. The molecule has 0 spiro atoms. The Balaban J connectivity index is 0.00000242. The smallest absolute Gasteiger partial charge is 0.653 e. The summed E-state index contributed by atoms with van der Waals surface area (Å²) in [6, 6.07) is 7.81. The second kappa shape index (κ2) is 8.36. The molecule has 1 aliphatic rings. The Hall–Kier alpha value is -0.530. The number of ether oxygens (including phenoxy) is 1. The molecule has 0 saturated carbocycles. The fraction of sp³-hybridized carbons (Fsp3) is 0.385. The normalized spacial score (nSPS) is 17.8. The molecule has 22 heavy (non-hydrogen) atoms. The van der Waals surface area contributed by atoms with Crippen LogP contribution < -0.4 is 39.3 Å². The molecular weight excluding hydrogens is 320 g/mol. The van der Waals surface area contributed by atoms with Crippen LogP contribution in [0.5, 0.6) is 0 Å². The SMILES string of the molecule is O=C(OCc1ccccc1)N1CCC[C@H]1C(=O)[P+]([O-])([O-])O.[Na+]. The molecular formula is C13H15NNaO6P. The summed E-state index contributed by atoms with van der Waals surface area (Å²) in [5.41, 5.74) is -0.554. The van der Waals surface area contributed by atoms with E-state index in [-0.39, 0.29) is 49.1 Å². The zero-order chi connectivity index (χ0) is 15.5.